The molecule has 3 rings (SSSR count). The van der Waals surface area contributed by atoms with E-state index >= 15 is 0 Å². The number of non-ortho nitro benzene ring substituents is 1. The Balaban J connectivity index is 2.26. The van der Waals surface area contributed by atoms with Gasteiger partial charge < -0.3 is 15.2 Å². The largest absolute Gasteiger partial charge is 0.466 e. The van der Waals surface area contributed by atoms with Crippen LogP contribution in [0.15, 0.2) is 52.0 Å². The van der Waals surface area contributed by atoms with Gasteiger partial charge in [0.1, 0.15) is 0 Å². The van der Waals surface area contributed by atoms with Crippen LogP contribution < -0.4 is 16.6 Å². The highest BCUT2D eigenvalue weighted by Gasteiger charge is 2.47. The second kappa shape index (κ2) is 8.40. The molecule has 1 aromatic carbocycles. The van der Waals surface area contributed by atoms with Gasteiger partial charge in [-0.15, -0.1) is 0 Å². The maximum absolute atomic E-state index is 12.7. The summed E-state index contributed by atoms with van der Waals surface area (Å²) in [7, 11) is 1.24. The summed E-state index contributed by atoms with van der Waals surface area (Å²) in [5.41, 5.74) is 12.8. The van der Waals surface area contributed by atoms with Crippen molar-refractivity contribution >= 4 is 35.0 Å². The number of carbonyl (C=O) groups excluding carboxylic acids is 2. The number of hydrazine groups is 1. The maximum atomic E-state index is 12.7. The topological polar surface area (TPSA) is 158 Å². The Morgan fingerprint density at radius 1 is 1.39 bits per heavy atom. The van der Waals surface area contributed by atoms with Gasteiger partial charge in [-0.05, 0) is 25.7 Å². The number of benzene rings is 1. The van der Waals surface area contributed by atoms with Crippen molar-refractivity contribution < 1.29 is 24.0 Å². The molecule has 1 fully saturated rings. The first-order valence-corrected chi connectivity index (χ1v) is 10.3. The van der Waals surface area contributed by atoms with Gasteiger partial charge in [0.15, 0.2) is 0 Å². The first kappa shape index (κ1) is 22.3. The van der Waals surface area contributed by atoms with Crippen LogP contribution in [0.3, 0.4) is 0 Å². The summed E-state index contributed by atoms with van der Waals surface area (Å²) >= 11 is 1.04. The molecule has 12 heteroatoms. The van der Waals surface area contributed by atoms with E-state index in [4.69, 9.17) is 15.2 Å². The molecule has 0 bridgehead atoms. The number of aliphatic imine (C=N–C) groups is 1. The molecule has 164 valence electrons. The summed E-state index contributed by atoms with van der Waals surface area (Å²) in [6.07, 6.45) is 1.64. The molecule has 1 saturated heterocycles. The van der Waals surface area contributed by atoms with Crippen molar-refractivity contribution in [3.63, 3.8) is 0 Å². The second-order valence-electron chi connectivity index (χ2n) is 6.75. The van der Waals surface area contributed by atoms with Gasteiger partial charge in [0.05, 0.1) is 23.5 Å². The van der Waals surface area contributed by atoms with E-state index in [2.05, 4.69) is 15.8 Å². The van der Waals surface area contributed by atoms with Gasteiger partial charge in [0.2, 0.25) is 5.88 Å². The number of esters is 1. The minimum atomic E-state index is -1.57. The zero-order valence-electron chi connectivity index (χ0n) is 17.2. The Morgan fingerprint density at radius 3 is 2.65 bits per heavy atom. The van der Waals surface area contributed by atoms with Gasteiger partial charge in [-0.1, -0.05) is 23.9 Å². The number of methoxy groups -OCH3 is 1. The van der Waals surface area contributed by atoms with Crippen molar-refractivity contribution in [2.75, 3.05) is 13.4 Å². The number of ether oxygens (including phenoxy) is 2. The molecule has 1 aromatic rings. The van der Waals surface area contributed by atoms with E-state index in [0.29, 0.717) is 22.5 Å². The number of amides is 1. The third kappa shape index (κ3) is 3.86. The Labute approximate surface area is 181 Å². The number of allylic oxidation sites excluding steroid dienone is 2. The van der Waals surface area contributed by atoms with Gasteiger partial charge in [-0.25, -0.2) is 4.79 Å². The summed E-state index contributed by atoms with van der Waals surface area (Å²) < 4.78 is 10.8. The van der Waals surface area contributed by atoms with Crippen molar-refractivity contribution in [2.24, 2.45) is 10.7 Å². The van der Waals surface area contributed by atoms with E-state index in [1.165, 1.54) is 25.3 Å². The Hall–Kier alpha value is -3.38. The predicted molar refractivity (Wildman–Crippen MR) is 113 cm³/mol. The number of nitro groups is 1. The van der Waals surface area contributed by atoms with Crippen molar-refractivity contribution in [3.05, 3.63) is 62.7 Å². The molecule has 1 amide bonds. The number of primary amides is 1. The number of nitrogens with zero attached hydrogens (tertiary/aromatic N) is 2. The normalized spacial score (nSPS) is 25.4. The Bertz CT molecular complexity index is 1070. The number of nitrogens with two attached hydrogens (primary N) is 1. The lowest BCUT2D eigenvalue weighted by Gasteiger charge is -2.28. The number of thioether (sulfide) groups is 1. The average molecular weight is 447 g/mol. The zero-order valence-corrected chi connectivity index (χ0v) is 18.0. The summed E-state index contributed by atoms with van der Waals surface area (Å²) in [5.74, 6) is -2.08. The maximum Gasteiger partial charge on any atom is 0.336 e. The summed E-state index contributed by atoms with van der Waals surface area (Å²) in [6.45, 7) is 3.36. The Kier molecular flexibility index (Phi) is 6.04. The molecule has 0 spiro atoms. The molecule has 0 saturated carbocycles. The first-order chi connectivity index (χ1) is 14.6. The summed E-state index contributed by atoms with van der Waals surface area (Å²) in [4.78, 5) is 39.9. The number of nitro benzene ring substituents is 1. The predicted octanol–water partition coefficient (Wildman–Crippen LogP) is 1.44. The fraction of sp³-hybridized carbons (Fsp3) is 0.316. The van der Waals surface area contributed by atoms with Crippen LogP contribution in [0.25, 0.3) is 0 Å². The van der Waals surface area contributed by atoms with Crippen molar-refractivity contribution in [1.82, 2.24) is 10.9 Å². The second-order valence-corrected chi connectivity index (χ2v) is 7.74. The molecule has 0 radical (unpaired) electrons. The molecule has 0 aliphatic carbocycles. The number of rotatable bonds is 5. The lowest BCUT2D eigenvalue weighted by molar-refractivity contribution is -0.384. The monoisotopic (exact) mass is 447 g/mol. The molecule has 0 aromatic heterocycles. The van der Waals surface area contributed by atoms with Crippen LogP contribution in [-0.2, 0) is 19.1 Å². The van der Waals surface area contributed by atoms with Crippen LogP contribution in [0.2, 0.25) is 0 Å². The highest BCUT2D eigenvalue weighted by Crippen LogP contribution is 2.42. The van der Waals surface area contributed by atoms with Crippen molar-refractivity contribution in [2.45, 2.75) is 24.8 Å². The van der Waals surface area contributed by atoms with Gasteiger partial charge >= 0.3 is 11.0 Å². The molecular formula is C19H21N5O6S. The molecule has 2 atom stereocenters. The molecule has 11 nitrogen and oxygen atoms in total. The van der Waals surface area contributed by atoms with Crippen LogP contribution in [0, 0.1) is 10.1 Å². The molecule has 31 heavy (non-hydrogen) atoms. The van der Waals surface area contributed by atoms with E-state index in [-0.39, 0.29) is 17.1 Å². The SMILES string of the molecule is COC(=O)C1=C(C)N=C(C)C(=C2NNC(SC)(C(N)=O)O2)C1c1cccc([N+](=O)[O-])c1. The summed E-state index contributed by atoms with van der Waals surface area (Å²) in [5, 5.41) is 9.77. The van der Waals surface area contributed by atoms with Crippen molar-refractivity contribution in [3.8, 4) is 0 Å². The fourth-order valence-corrected chi connectivity index (χ4v) is 4.04. The fourth-order valence-electron chi connectivity index (χ4n) is 3.52. The van der Waals surface area contributed by atoms with E-state index in [9.17, 15) is 19.7 Å². The van der Waals surface area contributed by atoms with Crippen molar-refractivity contribution in [1.29, 1.82) is 0 Å². The zero-order chi connectivity index (χ0) is 22.9. The van der Waals surface area contributed by atoms with Crippen LogP contribution >= 0.6 is 11.8 Å². The van der Waals surface area contributed by atoms with Gasteiger partial charge in [-0.2, -0.15) is 5.43 Å². The summed E-state index contributed by atoms with van der Waals surface area (Å²) in [6, 6.07) is 5.91. The van der Waals surface area contributed by atoms with Gasteiger partial charge in [0.25, 0.3) is 11.6 Å². The molecule has 2 aliphatic heterocycles. The van der Waals surface area contributed by atoms with Gasteiger partial charge in [0, 0.05) is 29.1 Å². The van der Waals surface area contributed by atoms with Gasteiger partial charge in [-0.3, -0.25) is 25.3 Å². The third-order valence-corrected chi connectivity index (χ3v) is 5.92. The number of carbonyl (C=O) groups is 2. The minimum Gasteiger partial charge on any atom is -0.466 e. The van der Waals surface area contributed by atoms with E-state index < -0.39 is 27.8 Å². The third-order valence-electron chi connectivity index (χ3n) is 4.95. The van der Waals surface area contributed by atoms with Crippen LogP contribution in [0.4, 0.5) is 5.69 Å². The lowest BCUT2D eigenvalue weighted by Crippen LogP contribution is -2.51. The number of nitrogens with one attached hydrogen (secondary N) is 2. The van der Waals surface area contributed by atoms with E-state index in [1.54, 1.807) is 26.2 Å². The van der Waals surface area contributed by atoms with E-state index in [0.717, 1.165) is 11.8 Å². The molecule has 2 unspecified atom stereocenters. The highest BCUT2D eigenvalue weighted by molar-refractivity contribution is 8.00. The molecule has 4 N–H and O–H groups in total. The average Bonchev–Trinajstić information content (AvgIpc) is 3.18. The molecular weight excluding hydrogens is 426 g/mol. The minimum absolute atomic E-state index is 0.125. The lowest BCUT2D eigenvalue weighted by atomic mass is 9.79. The highest BCUT2D eigenvalue weighted by atomic mass is 32.2. The number of hydrogen-bond acceptors (Lipinski definition) is 10. The Morgan fingerprint density at radius 2 is 2.10 bits per heavy atom. The first-order valence-electron chi connectivity index (χ1n) is 9.05. The molecule has 2 heterocycles. The van der Waals surface area contributed by atoms with Crippen LogP contribution in [-0.4, -0.2) is 40.9 Å². The smallest absolute Gasteiger partial charge is 0.336 e. The van der Waals surface area contributed by atoms with Crippen LogP contribution in [0.1, 0.15) is 25.3 Å². The van der Waals surface area contributed by atoms with Crippen LogP contribution in [0.5, 0.6) is 0 Å². The number of hydrogen-bond donors (Lipinski definition) is 3. The standard InChI is InChI=1S/C19H21N5O6S/c1-9-13(16-22-23-19(30-16,31-4)18(20)26)15(14(10(2)21-9)17(25)29-3)11-6-5-7-12(8-11)24(27)28/h5-8,15,22-23H,1-4H3,(H2,20,26). The quantitative estimate of drug-likeness (QED) is 0.345. The molecule has 2 aliphatic rings. The van der Waals surface area contributed by atoms with E-state index in [1.807, 2.05) is 0 Å².